The van der Waals surface area contributed by atoms with Crippen molar-refractivity contribution in [3.8, 4) is 0 Å². The zero-order chi connectivity index (χ0) is 29.4. The van der Waals surface area contributed by atoms with Crippen LogP contribution in [0.3, 0.4) is 0 Å². The maximum atomic E-state index is 14.3. The Balaban J connectivity index is 1.73. The van der Waals surface area contributed by atoms with Gasteiger partial charge in [-0.3, -0.25) is 9.59 Å². The number of carbonyl (C=O) groups is 3. The molecule has 3 aliphatic rings. The normalized spacial score (nSPS) is 19.6. The average molecular weight is 579 g/mol. The molecule has 0 aromatic heterocycles. The van der Waals surface area contributed by atoms with Gasteiger partial charge in [-0.25, -0.2) is 9.79 Å². The first-order valence-corrected chi connectivity index (χ1v) is 14.0. The summed E-state index contributed by atoms with van der Waals surface area (Å²) in [6, 6.07) is 5.89. The van der Waals surface area contributed by atoms with Gasteiger partial charge in [0.05, 0.1) is 24.1 Å². The minimum Gasteiger partial charge on any atom is -0.459 e. The smallest absolute Gasteiger partial charge is 0.434 e. The van der Waals surface area contributed by atoms with Crippen molar-refractivity contribution in [2.24, 2.45) is 4.99 Å². The second-order valence-corrected chi connectivity index (χ2v) is 11.3. The van der Waals surface area contributed by atoms with Crippen LogP contribution in [0.15, 0.2) is 51.6 Å². The summed E-state index contributed by atoms with van der Waals surface area (Å²) in [5.41, 5.74) is -0.0255. The third kappa shape index (κ3) is 6.21. The van der Waals surface area contributed by atoms with E-state index in [1.54, 1.807) is 46.1 Å². The number of hydrogen-bond acceptors (Lipinski definition) is 7. The average Bonchev–Trinajstić information content (AvgIpc) is 3.29. The Hall–Kier alpha value is -3.28. The van der Waals surface area contributed by atoms with Crippen LogP contribution in [0.5, 0.6) is 0 Å². The highest BCUT2D eigenvalue weighted by Crippen LogP contribution is 2.48. The van der Waals surface area contributed by atoms with Crippen molar-refractivity contribution in [1.82, 2.24) is 14.7 Å². The standard InChI is InChI=1S/C28H33F3N4O4S/c1-16(2)19-6-8-20(9-7-19)24-23(26(38)39-17(3)4)25(28(29,30)31)32-27-35(24)21(15-40-27)14-22(37)34-12-10-33(11-13-34)18(5)36/h6-9,15-17,24H,10-14H2,1-5H3. The number of piperazine rings is 1. The highest BCUT2D eigenvalue weighted by atomic mass is 32.2. The van der Waals surface area contributed by atoms with Gasteiger partial charge < -0.3 is 19.4 Å². The monoisotopic (exact) mass is 578 g/mol. The van der Waals surface area contributed by atoms with Gasteiger partial charge in [-0.2, -0.15) is 13.2 Å². The summed E-state index contributed by atoms with van der Waals surface area (Å²) >= 11 is 0.985. The van der Waals surface area contributed by atoms with Gasteiger partial charge in [0.1, 0.15) is 0 Å². The summed E-state index contributed by atoms with van der Waals surface area (Å²) in [7, 11) is 0. The Bertz CT molecular complexity index is 1260. The fraction of sp³-hybridized carbons (Fsp3) is 0.500. The summed E-state index contributed by atoms with van der Waals surface area (Å²) in [4.78, 5) is 46.9. The number of nitrogens with zero attached hydrogens (tertiary/aromatic N) is 4. The molecule has 216 valence electrons. The second-order valence-electron chi connectivity index (χ2n) is 10.5. The lowest BCUT2D eigenvalue weighted by atomic mass is 9.91. The Morgan fingerprint density at radius 1 is 1.02 bits per heavy atom. The molecule has 1 aromatic rings. The SMILES string of the molecule is CC(=O)N1CCN(C(=O)CC2=CSC3=NC(C(F)(F)F)=C(C(=O)OC(C)C)C(c4ccc(C(C)C)cc4)N23)CC1. The van der Waals surface area contributed by atoms with E-state index in [0.29, 0.717) is 37.4 Å². The van der Waals surface area contributed by atoms with E-state index in [1.807, 2.05) is 26.0 Å². The molecule has 0 N–H and O–H groups in total. The van der Waals surface area contributed by atoms with Crippen LogP contribution in [0.25, 0.3) is 0 Å². The molecule has 0 aliphatic carbocycles. The van der Waals surface area contributed by atoms with Crippen LogP contribution < -0.4 is 0 Å². The second kappa shape index (κ2) is 11.7. The number of carbonyl (C=O) groups excluding carboxylic acids is 3. The Morgan fingerprint density at radius 2 is 1.62 bits per heavy atom. The molecule has 1 fully saturated rings. The number of allylic oxidation sites excluding steroid dienone is 1. The molecule has 3 aliphatic heterocycles. The lowest BCUT2D eigenvalue weighted by Gasteiger charge is -2.38. The number of halogens is 3. The van der Waals surface area contributed by atoms with Gasteiger partial charge in [-0.15, -0.1) is 0 Å². The molecule has 0 saturated carbocycles. The topological polar surface area (TPSA) is 82.5 Å². The third-order valence-corrected chi connectivity index (χ3v) is 7.86. The molecular formula is C28H33F3N4O4S. The van der Waals surface area contributed by atoms with Crippen LogP contribution in [0.4, 0.5) is 13.2 Å². The number of aliphatic imine (C=N–C) groups is 1. The molecule has 1 atom stereocenters. The molecule has 0 radical (unpaired) electrons. The zero-order valence-corrected chi connectivity index (χ0v) is 23.9. The molecule has 1 unspecified atom stereocenters. The molecule has 0 bridgehead atoms. The number of rotatable bonds is 6. The van der Waals surface area contributed by atoms with E-state index >= 15 is 0 Å². The number of benzene rings is 1. The molecule has 12 heteroatoms. The first-order valence-electron chi connectivity index (χ1n) is 13.2. The first kappa shape index (κ1) is 29.7. The summed E-state index contributed by atoms with van der Waals surface area (Å²) in [5, 5.41) is 1.65. The number of amidine groups is 1. The molecule has 2 amide bonds. The van der Waals surface area contributed by atoms with Crippen molar-refractivity contribution in [1.29, 1.82) is 0 Å². The van der Waals surface area contributed by atoms with Crippen molar-refractivity contribution >= 4 is 34.7 Å². The van der Waals surface area contributed by atoms with Gasteiger partial charge in [-0.1, -0.05) is 49.9 Å². The van der Waals surface area contributed by atoms with Gasteiger partial charge in [-0.05, 0) is 36.3 Å². The number of esters is 1. The molecule has 1 aromatic carbocycles. The number of hydrogen-bond donors (Lipinski definition) is 0. The van der Waals surface area contributed by atoms with Crippen LogP contribution in [-0.2, 0) is 19.1 Å². The minimum atomic E-state index is -4.91. The highest BCUT2D eigenvalue weighted by Gasteiger charge is 2.49. The van der Waals surface area contributed by atoms with Crippen molar-refractivity contribution in [3.05, 3.63) is 57.8 Å². The van der Waals surface area contributed by atoms with E-state index in [2.05, 4.69) is 4.99 Å². The predicted octanol–water partition coefficient (Wildman–Crippen LogP) is 4.96. The van der Waals surface area contributed by atoms with Crippen LogP contribution in [0.2, 0.25) is 0 Å². The lowest BCUT2D eigenvalue weighted by molar-refractivity contribution is -0.145. The zero-order valence-electron chi connectivity index (χ0n) is 23.1. The molecule has 1 saturated heterocycles. The molecular weight excluding hydrogens is 545 g/mol. The third-order valence-electron chi connectivity index (χ3n) is 6.97. The van der Waals surface area contributed by atoms with Crippen LogP contribution in [-0.4, -0.2) is 76.1 Å². The van der Waals surface area contributed by atoms with E-state index < -0.39 is 35.6 Å². The largest absolute Gasteiger partial charge is 0.459 e. The number of alkyl halides is 3. The van der Waals surface area contributed by atoms with Crippen molar-refractivity contribution < 1.29 is 32.3 Å². The fourth-order valence-electron chi connectivity index (χ4n) is 4.87. The van der Waals surface area contributed by atoms with E-state index in [4.69, 9.17) is 4.74 Å². The van der Waals surface area contributed by atoms with Crippen molar-refractivity contribution in [2.45, 2.75) is 65.3 Å². The van der Waals surface area contributed by atoms with Crippen LogP contribution >= 0.6 is 11.8 Å². The number of fused-ring (bicyclic) bond motifs is 1. The van der Waals surface area contributed by atoms with E-state index in [1.165, 1.54) is 6.92 Å². The maximum absolute atomic E-state index is 14.3. The van der Waals surface area contributed by atoms with Gasteiger partial charge in [0.2, 0.25) is 11.8 Å². The van der Waals surface area contributed by atoms with Crippen LogP contribution in [0.1, 0.15) is 64.1 Å². The van der Waals surface area contributed by atoms with E-state index in [9.17, 15) is 27.6 Å². The minimum absolute atomic E-state index is 0.0376. The number of ether oxygens (including phenoxy) is 1. The molecule has 4 rings (SSSR count). The van der Waals surface area contributed by atoms with Gasteiger partial charge in [0.15, 0.2) is 10.9 Å². The predicted molar refractivity (Wildman–Crippen MR) is 146 cm³/mol. The van der Waals surface area contributed by atoms with Crippen molar-refractivity contribution in [3.63, 3.8) is 0 Å². The van der Waals surface area contributed by atoms with E-state index in [-0.39, 0.29) is 29.3 Å². The first-order chi connectivity index (χ1) is 18.8. The maximum Gasteiger partial charge on any atom is 0.434 e. The van der Waals surface area contributed by atoms with Gasteiger partial charge >= 0.3 is 12.1 Å². The Morgan fingerprint density at radius 3 is 2.15 bits per heavy atom. The molecule has 0 spiro atoms. The Labute approximate surface area is 235 Å². The van der Waals surface area contributed by atoms with Gasteiger partial charge in [0.25, 0.3) is 0 Å². The summed E-state index contributed by atoms with van der Waals surface area (Å²) < 4.78 is 48.3. The van der Waals surface area contributed by atoms with Crippen molar-refractivity contribution in [2.75, 3.05) is 26.2 Å². The van der Waals surface area contributed by atoms with E-state index in [0.717, 1.165) is 17.3 Å². The summed E-state index contributed by atoms with van der Waals surface area (Å²) in [6.45, 7) is 10.2. The molecule has 40 heavy (non-hydrogen) atoms. The number of thioether (sulfide) groups is 1. The number of amides is 2. The fourth-order valence-corrected chi connectivity index (χ4v) is 5.79. The molecule has 3 heterocycles. The quantitative estimate of drug-likeness (QED) is 0.444. The summed E-state index contributed by atoms with van der Waals surface area (Å²) in [5.74, 6) is -1.19. The van der Waals surface area contributed by atoms with Gasteiger partial charge in [0, 0.05) is 38.8 Å². The molecule has 8 nitrogen and oxygen atoms in total. The summed E-state index contributed by atoms with van der Waals surface area (Å²) in [6.07, 6.45) is -5.65. The van der Waals surface area contributed by atoms with Crippen LogP contribution in [0, 0.1) is 0 Å². The highest BCUT2D eigenvalue weighted by molar-refractivity contribution is 8.16. The lowest BCUT2D eigenvalue weighted by Crippen LogP contribution is -2.50. The Kier molecular flexibility index (Phi) is 8.67.